The molecule has 3 aliphatic rings. The van der Waals surface area contributed by atoms with E-state index in [9.17, 15) is 35.9 Å². The molecule has 0 bridgehead atoms. The maximum atomic E-state index is 14.7. The first-order valence-corrected chi connectivity index (χ1v) is 20.5. The molecule has 10 nitrogen and oxygen atoms in total. The van der Waals surface area contributed by atoms with E-state index in [-0.39, 0.29) is 54.1 Å². The van der Waals surface area contributed by atoms with Crippen molar-refractivity contribution in [3.05, 3.63) is 126 Å². The van der Waals surface area contributed by atoms with Crippen LogP contribution in [0, 0.1) is 11.6 Å². The number of nitrogens with zero attached hydrogens (tertiary/aromatic N) is 6. The van der Waals surface area contributed by atoms with Crippen LogP contribution < -0.4 is 21.8 Å². The Morgan fingerprint density at radius 1 is 0.661 bits per heavy atom. The Morgan fingerprint density at radius 3 is 1.48 bits per heavy atom. The van der Waals surface area contributed by atoms with Crippen molar-refractivity contribution in [1.82, 2.24) is 29.1 Å². The van der Waals surface area contributed by atoms with Gasteiger partial charge >= 0.3 is 0 Å². The topological polar surface area (TPSA) is 120 Å². The number of hydrogen-bond acceptors (Lipinski definition) is 8. The molecule has 0 aliphatic heterocycles. The summed E-state index contributed by atoms with van der Waals surface area (Å²) in [5, 5.41) is 7.52. The normalized spacial score (nSPS) is 16.8. The molecule has 2 aromatic carbocycles. The predicted octanol–water partition coefficient (Wildman–Crippen LogP) is 12.0. The van der Waals surface area contributed by atoms with Crippen molar-refractivity contribution in [1.29, 1.82) is 0 Å². The van der Waals surface area contributed by atoms with Crippen LogP contribution in [0.25, 0.3) is 21.8 Å². The Labute approximate surface area is 363 Å². The first-order valence-electron chi connectivity index (χ1n) is 19.7. The molecule has 0 radical (unpaired) electrons. The van der Waals surface area contributed by atoms with Gasteiger partial charge in [0, 0.05) is 40.2 Å². The zero-order chi connectivity index (χ0) is 42.8. The standard InChI is InChI=1S/C23H23F3N4O.C20H18BrF3N4O.2CH4/c1-12(14-4-3-5-15(18(14)24)20(25)26)29-21-16-10-30(23(2)8-9-23)22(31)17(13-6-7-13)19(16)27-11-28-21;1-10(11-4-3-5-12(15(11)22)17(23)24)27-18-13-8-28(20(2)6-7-20)19(29)14(21)16(13)25-9-26-18;;/h3-5,10-13,20H,6-9H2,1-2H3,(H,27,28,29);3-5,8-10,17H,6-7H2,1-2H3,(H,25,26,27);2*1H4/t12-;10-;;/m11../s1. The number of anilines is 2. The third kappa shape index (κ3) is 8.56. The average molecular weight is 928 g/mol. The molecule has 0 spiro atoms. The Kier molecular flexibility index (Phi) is 13.0. The Morgan fingerprint density at radius 2 is 1.06 bits per heavy atom. The minimum Gasteiger partial charge on any atom is -0.363 e. The average Bonchev–Trinajstić information content (AvgIpc) is 4.12. The molecule has 6 aromatic rings. The number of pyridine rings is 2. The SMILES string of the molecule is C.C.C[C@@H](Nc1ncnc2c(Br)c(=O)n(C3(C)CC3)cc12)c1cccc(C(F)F)c1F.C[C@@H](Nc1ncnc2c(C3CC3)c(=O)n(C3(C)CC3)cc12)c1cccc(C(F)F)c1F. The summed E-state index contributed by atoms with van der Waals surface area (Å²) in [5.41, 5.74) is 0.123. The second-order valence-electron chi connectivity index (χ2n) is 16.4. The monoisotopic (exact) mass is 926 g/mol. The lowest BCUT2D eigenvalue weighted by Gasteiger charge is -2.20. The van der Waals surface area contributed by atoms with Crippen LogP contribution in [0.1, 0.15) is 140 Å². The molecule has 3 aliphatic carbocycles. The number of benzene rings is 2. The number of rotatable bonds is 11. The Balaban J connectivity index is 0.000000201. The number of hydrogen-bond donors (Lipinski definition) is 2. The lowest BCUT2D eigenvalue weighted by Crippen LogP contribution is -2.30. The molecule has 0 unspecified atom stereocenters. The van der Waals surface area contributed by atoms with Gasteiger partial charge in [-0.1, -0.05) is 51.3 Å². The second-order valence-corrected chi connectivity index (χ2v) is 17.2. The number of alkyl halides is 4. The molecular weight excluding hydrogens is 878 g/mol. The molecule has 9 rings (SSSR count). The fraction of sp³-hybridized carbons (Fsp3) is 0.422. The van der Waals surface area contributed by atoms with E-state index in [2.05, 4.69) is 53.4 Å². The van der Waals surface area contributed by atoms with Crippen molar-refractivity contribution in [3.8, 4) is 0 Å². The molecular formula is C45H49BrF6N8O2. The lowest BCUT2D eigenvalue weighted by atomic mass is 10.0. The van der Waals surface area contributed by atoms with Crippen LogP contribution in [0.3, 0.4) is 0 Å². The number of fused-ring (bicyclic) bond motifs is 2. The van der Waals surface area contributed by atoms with Crippen LogP contribution in [-0.4, -0.2) is 29.1 Å². The summed E-state index contributed by atoms with van der Waals surface area (Å²) in [6.45, 7) is 7.41. The van der Waals surface area contributed by atoms with Crippen molar-refractivity contribution in [2.75, 3.05) is 10.6 Å². The van der Waals surface area contributed by atoms with Crippen molar-refractivity contribution < 1.29 is 26.3 Å². The van der Waals surface area contributed by atoms with Crippen molar-refractivity contribution in [2.45, 2.75) is 123 Å². The summed E-state index contributed by atoms with van der Waals surface area (Å²) >= 11 is 3.34. The van der Waals surface area contributed by atoms with E-state index in [0.29, 0.717) is 37.9 Å². The minimum absolute atomic E-state index is 0. The van der Waals surface area contributed by atoms with Gasteiger partial charge in [-0.3, -0.25) is 9.59 Å². The van der Waals surface area contributed by atoms with Gasteiger partial charge < -0.3 is 19.8 Å². The van der Waals surface area contributed by atoms with Gasteiger partial charge in [0.25, 0.3) is 24.0 Å². The molecule has 2 atom stereocenters. The molecule has 330 valence electrons. The van der Waals surface area contributed by atoms with E-state index in [0.717, 1.165) is 56.2 Å². The first kappa shape index (κ1) is 46.2. The number of nitrogens with one attached hydrogen (secondary N) is 2. The van der Waals surface area contributed by atoms with E-state index in [1.165, 1.54) is 36.9 Å². The molecule has 17 heteroatoms. The molecule has 2 N–H and O–H groups in total. The quantitative estimate of drug-likeness (QED) is 0.123. The van der Waals surface area contributed by atoms with E-state index >= 15 is 0 Å². The highest BCUT2D eigenvalue weighted by Gasteiger charge is 2.43. The van der Waals surface area contributed by atoms with Gasteiger partial charge in [-0.15, -0.1) is 0 Å². The van der Waals surface area contributed by atoms with Crippen LogP contribution in [0.4, 0.5) is 38.0 Å². The third-order valence-corrected chi connectivity index (χ3v) is 12.6. The fourth-order valence-electron chi connectivity index (χ4n) is 7.56. The predicted molar refractivity (Wildman–Crippen MR) is 233 cm³/mol. The maximum Gasteiger partial charge on any atom is 0.267 e. The summed E-state index contributed by atoms with van der Waals surface area (Å²) in [5.74, 6) is -0.811. The van der Waals surface area contributed by atoms with Gasteiger partial charge in [-0.2, -0.15) is 0 Å². The van der Waals surface area contributed by atoms with E-state index < -0.39 is 47.7 Å². The fourth-order valence-corrected chi connectivity index (χ4v) is 8.07. The molecule has 0 saturated heterocycles. The highest BCUT2D eigenvalue weighted by molar-refractivity contribution is 9.10. The summed E-state index contributed by atoms with van der Waals surface area (Å²) in [6.07, 6.45) is 5.96. The molecule has 0 amide bonds. The lowest BCUT2D eigenvalue weighted by molar-refractivity contribution is 0.145. The largest absolute Gasteiger partial charge is 0.363 e. The van der Waals surface area contributed by atoms with Crippen LogP contribution in [0.5, 0.6) is 0 Å². The van der Waals surface area contributed by atoms with Gasteiger partial charge in [-0.05, 0) is 88.1 Å². The Hall–Kier alpha value is -5.32. The van der Waals surface area contributed by atoms with Gasteiger partial charge in [0.1, 0.15) is 40.4 Å². The summed E-state index contributed by atoms with van der Waals surface area (Å²) in [4.78, 5) is 43.1. The van der Waals surface area contributed by atoms with Crippen LogP contribution in [0.2, 0.25) is 0 Å². The van der Waals surface area contributed by atoms with E-state index in [1.54, 1.807) is 35.4 Å². The number of halogens is 7. The maximum absolute atomic E-state index is 14.7. The van der Waals surface area contributed by atoms with Gasteiger partial charge in [0.15, 0.2) is 0 Å². The van der Waals surface area contributed by atoms with Crippen LogP contribution in [0.15, 0.2) is 75.5 Å². The highest BCUT2D eigenvalue weighted by atomic mass is 79.9. The summed E-state index contributed by atoms with van der Waals surface area (Å²) in [6, 6.07) is 6.68. The molecule has 3 saturated carbocycles. The third-order valence-electron chi connectivity index (χ3n) is 11.9. The second kappa shape index (κ2) is 17.4. The summed E-state index contributed by atoms with van der Waals surface area (Å²) < 4.78 is 85.3. The van der Waals surface area contributed by atoms with Crippen molar-refractivity contribution in [3.63, 3.8) is 0 Å². The smallest absolute Gasteiger partial charge is 0.267 e. The van der Waals surface area contributed by atoms with E-state index in [4.69, 9.17) is 0 Å². The minimum atomic E-state index is -2.90. The van der Waals surface area contributed by atoms with Gasteiger partial charge in [-0.25, -0.2) is 46.3 Å². The zero-order valence-electron chi connectivity index (χ0n) is 33.0. The number of aromatic nitrogens is 6. The highest BCUT2D eigenvalue weighted by Crippen LogP contribution is 2.46. The molecule has 4 aromatic heterocycles. The van der Waals surface area contributed by atoms with Crippen LogP contribution >= 0.6 is 15.9 Å². The van der Waals surface area contributed by atoms with Crippen molar-refractivity contribution >= 4 is 49.4 Å². The van der Waals surface area contributed by atoms with E-state index in [1.807, 2.05) is 6.92 Å². The molecule has 62 heavy (non-hydrogen) atoms. The van der Waals surface area contributed by atoms with Gasteiger partial charge in [0.2, 0.25) is 0 Å². The first-order chi connectivity index (χ1) is 28.5. The molecule has 4 heterocycles. The van der Waals surface area contributed by atoms with Crippen LogP contribution in [-0.2, 0) is 11.1 Å². The van der Waals surface area contributed by atoms with Crippen molar-refractivity contribution in [2.24, 2.45) is 0 Å². The molecule has 3 fully saturated rings. The Bertz CT molecular complexity index is 2770. The zero-order valence-corrected chi connectivity index (χ0v) is 34.6. The van der Waals surface area contributed by atoms with Gasteiger partial charge in [0.05, 0.1) is 45.0 Å². The summed E-state index contributed by atoms with van der Waals surface area (Å²) in [7, 11) is 0.